The van der Waals surface area contributed by atoms with Crippen LogP contribution in [0.4, 0.5) is 22.0 Å². The molecule has 1 heterocycles. The third-order valence-electron chi connectivity index (χ3n) is 2.77. The predicted molar refractivity (Wildman–Crippen MR) is 77.7 cm³/mol. The van der Waals surface area contributed by atoms with Crippen LogP contribution in [0.25, 0.3) is 5.69 Å². The maximum absolute atomic E-state index is 12.7. The van der Waals surface area contributed by atoms with Gasteiger partial charge in [0.1, 0.15) is 10.2 Å². The van der Waals surface area contributed by atoms with Gasteiger partial charge in [-0.3, -0.25) is 0 Å². The van der Waals surface area contributed by atoms with E-state index in [2.05, 4.69) is 25.8 Å². The summed E-state index contributed by atoms with van der Waals surface area (Å²) in [5.41, 5.74) is -0.850. The molecule has 126 valence electrons. The molecular formula is C12H6BrCl2F5N2O. The Morgan fingerprint density at radius 2 is 1.74 bits per heavy atom. The fraction of sp³-hybridized carbons (Fsp3) is 0.250. The number of hydrogen-bond acceptors (Lipinski definition) is 2. The summed E-state index contributed by atoms with van der Waals surface area (Å²) in [7, 11) is 0. The maximum Gasteiger partial charge on any atom is 0.416 e. The second-order valence-electron chi connectivity index (χ2n) is 4.28. The van der Waals surface area contributed by atoms with Gasteiger partial charge in [0.05, 0.1) is 21.3 Å². The molecule has 0 atom stereocenters. The Morgan fingerprint density at radius 3 is 2.17 bits per heavy atom. The summed E-state index contributed by atoms with van der Waals surface area (Å²) < 4.78 is 68.1. The Balaban J connectivity index is 2.59. The van der Waals surface area contributed by atoms with Crippen LogP contribution in [0.3, 0.4) is 0 Å². The van der Waals surface area contributed by atoms with Crippen LogP contribution in [0.1, 0.15) is 11.3 Å². The summed E-state index contributed by atoms with van der Waals surface area (Å²) in [6.45, 7) is -1.65. The van der Waals surface area contributed by atoms with Gasteiger partial charge in [0, 0.05) is 0 Å². The average molecular weight is 440 g/mol. The lowest BCUT2D eigenvalue weighted by Gasteiger charge is -2.13. The van der Waals surface area contributed by atoms with Crippen LogP contribution in [-0.2, 0) is 6.18 Å². The SMILES string of the molecule is Cc1c(Br)c(OC(F)F)nn1-c1c(Cl)cc(C(F)(F)F)cc1Cl. The molecule has 0 aliphatic rings. The van der Waals surface area contributed by atoms with Gasteiger partial charge in [-0.05, 0) is 35.0 Å². The van der Waals surface area contributed by atoms with Crippen molar-refractivity contribution in [2.45, 2.75) is 19.7 Å². The van der Waals surface area contributed by atoms with E-state index >= 15 is 0 Å². The third kappa shape index (κ3) is 3.72. The Kier molecular flexibility index (Phi) is 5.12. The first-order valence-corrected chi connectivity index (χ1v) is 7.33. The number of ether oxygens (including phenoxy) is 1. The first-order valence-electron chi connectivity index (χ1n) is 5.79. The molecule has 0 amide bonds. The van der Waals surface area contributed by atoms with E-state index in [0.29, 0.717) is 12.1 Å². The van der Waals surface area contributed by atoms with Crippen molar-refractivity contribution in [3.05, 3.63) is 37.9 Å². The van der Waals surface area contributed by atoms with Crippen molar-refractivity contribution in [2.24, 2.45) is 0 Å². The van der Waals surface area contributed by atoms with Gasteiger partial charge in [0.15, 0.2) is 0 Å². The molecule has 0 aliphatic heterocycles. The summed E-state index contributed by atoms with van der Waals surface area (Å²) >= 11 is 14.7. The zero-order valence-electron chi connectivity index (χ0n) is 11.1. The minimum Gasteiger partial charge on any atom is -0.414 e. The van der Waals surface area contributed by atoms with Crippen molar-refractivity contribution in [1.29, 1.82) is 0 Å². The number of nitrogens with zero attached hydrogens (tertiary/aromatic N) is 2. The van der Waals surface area contributed by atoms with Crippen LogP contribution in [-0.4, -0.2) is 16.4 Å². The van der Waals surface area contributed by atoms with Gasteiger partial charge in [-0.25, -0.2) is 4.68 Å². The van der Waals surface area contributed by atoms with Crippen LogP contribution >= 0.6 is 39.1 Å². The largest absolute Gasteiger partial charge is 0.416 e. The van der Waals surface area contributed by atoms with Gasteiger partial charge in [0.2, 0.25) is 0 Å². The van der Waals surface area contributed by atoms with E-state index in [1.807, 2.05) is 0 Å². The number of rotatable bonds is 3. The first-order chi connectivity index (χ1) is 10.5. The molecule has 23 heavy (non-hydrogen) atoms. The molecule has 0 N–H and O–H groups in total. The molecule has 2 rings (SSSR count). The maximum atomic E-state index is 12.7. The van der Waals surface area contributed by atoms with E-state index < -0.39 is 24.2 Å². The minimum atomic E-state index is -4.63. The highest BCUT2D eigenvalue weighted by atomic mass is 79.9. The third-order valence-corrected chi connectivity index (χ3v) is 4.26. The van der Waals surface area contributed by atoms with E-state index in [1.54, 1.807) is 0 Å². The smallest absolute Gasteiger partial charge is 0.414 e. The van der Waals surface area contributed by atoms with Crippen molar-refractivity contribution in [3.8, 4) is 11.6 Å². The van der Waals surface area contributed by atoms with Crippen molar-refractivity contribution in [3.63, 3.8) is 0 Å². The topological polar surface area (TPSA) is 27.1 Å². The lowest BCUT2D eigenvalue weighted by atomic mass is 10.2. The van der Waals surface area contributed by atoms with E-state index in [-0.39, 0.29) is 25.9 Å². The zero-order valence-corrected chi connectivity index (χ0v) is 14.2. The molecular weight excluding hydrogens is 434 g/mol. The Morgan fingerprint density at radius 1 is 1.22 bits per heavy atom. The predicted octanol–water partition coefficient (Wildman–Crippen LogP) is 5.87. The molecule has 2 aromatic rings. The van der Waals surface area contributed by atoms with Crippen LogP contribution in [0.2, 0.25) is 10.0 Å². The lowest BCUT2D eigenvalue weighted by molar-refractivity contribution is -0.137. The van der Waals surface area contributed by atoms with Crippen molar-refractivity contribution in [2.75, 3.05) is 0 Å². The van der Waals surface area contributed by atoms with Crippen LogP contribution in [0.15, 0.2) is 16.6 Å². The second-order valence-corrected chi connectivity index (χ2v) is 5.89. The summed E-state index contributed by atoms with van der Waals surface area (Å²) in [5.74, 6) is -0.440. The molecule has 0 spiro atoms. The number of hydrogen-bond donors (Lipinski definition) is 0. The number of halogens is 8. The highest BCUT2D eigenvalue weighted by molar-refractivity contribution is 9.10. The molecule has 3 nitrogen and oxygen atoms in total. The fourth-order valence-corrected chi connectivity index (χ4v) is 2.75. The van der Waals surface area contributed by atoms with E-state index in [9.17, 15) is 22.0 Å². The highest BCUT2D eigenvalue weighted by Gasteiger charge is 2.32. The van der Waals surface area contributed by atoms with Crippen LogP contribution < -0.4 is 4.74 Å². The monoisotopic (exact) mass is 438 g/mol. The number of aromatic nitrogens is 2. The summed E-state index contributed by atoms with van der Waals surface area (Å²) in [5, 5.41) is 3.07. The Bertz CT molecular complexity index is 725. The number of alkyl halides is 5. The molecule has 0 bridgehead atoms. The van der Waals surface area contributed by atoms with Crippen molar-refractivity contribution < 1.29 is 26.7 Å². The molecule has 0 radical (unpaired) electrons. The molecule has 1 aromatic heterocycles. The van der Waals surface area contributed by atoms with Gasteiger partial charge in [-0.1, -0.05) is 23.2 Å². The van der Waals surface area contributed by atoms with E-state index in [0.717, 1.165) is 4.68 Å². The van der Waals surface area contributed by atoms with Crippen LogP contribution in [0, 0.1) is 6.92 Å². The lowest BCUT2D eigenvalue weighted by Crippen LogP contribution is -2.08. The van der Waals surface area contributed by atoms with Gasteiger partial charge < -0.3 is 4.74 Å². The normalized spacial score (nSPS) is 12.1. The van der Waals surface area contributed by atoms with E-state index in [1.165, 1.54) is 6.92 Å². The van der Waals surface area contributed by atoms with Crippen molar-refractivity contribution in [1.82, 2.24) is 9.78 Å². The fourth-order valence-electron chi connectivity index (χ4n) is 1.77. The van der Waals surface area contributed by atoms with Crippen molar-refractivity contribution >= 4 is 39.1 Å². The average Bonchev–Trinajstić information content (AvgIpc) is 2.65. The summed E-state index contributed by atoms with van der Waals surface area (Å²) in [4.78, 5) is 0. The quantitative estimate of drug-likeness (QED) is 0.559. The Hall–Kier alpha value is -1.06. The molecule has 0 unspecified atom stereocenters. The standard InChI is InChI=1S/C12H6BrCl2F5N2O/c1-4-8(13)10(23-11(16)17)21-22(4)9-6(14)2-5(3-7(9)15)12(18,19)20/h2-3,11H,1H3. The van der Waals surface area contributed by atoms with E-state index in [4.69, 9.17) is 23.2 Å². The number of benzene rings is 1. The molecule has 1 aromatic carbocycles. The Labute approximate surface area is 145 Å². The second kappa shape index (κ2) is 6.45. The molecule has 0 aliphatic carbocycles. The summed E-state index contributed by atoms with van der Waals surface area (Å²) in [6.07, 6.45) is -4.63. The summed E-state index contributed by atoms with van der Waals surface area (Å²) in [6, 6.07) is 1.34. The molecule has 0 saturated carbocycles. The van der Waals surface area contributed by atoms with Crippen LogP contribution in [0.5, 0.6) is 5.88 Å². The minimum absolute atomic E-state index is 0.0800. The van der Waals surface area contributed by atoms with Gasteiger partial charge in [-0.2, -0.15) is 22.0 Å². The molecule has 11 heteroatoms. The molecule has 0 fully saturated rings. The first kappa shape index (κ1) is 18.3. The van der Waals surface area contributed by atoms with Gasteiger partial charge in [-0.15, -0.1) is 5.10 Å². The highest BCUT2D eigenvalue weighted by Crippen LogP contribution is 2.39. The van der Waals surface area contributed by atoms with Gasteiger partial charge in [0.25, 0.3) is 5.88 Å². The molecule has 0 saturated heterocycles. The zero-order chi connectivity index (χ0) is 17.5. The van der Waals surface area contributed by atoms with Gasteiger partial charge >= 0.3 is 12.8 Å².